The highest BCUT2D eigenvalue weighted by Crippen LogP contribution is 2.43. The van der Waals surface area contributed by atoms with Crippen LogP contribution in [0.3, 0.4) is 0 Å². The van der Waals surface area contributed by atoms with Crippen molar-refractivity contribution in [2.45, 2.75) is 6.04 Å². The molecule has 8 nitrogen and oxygen atoms in total. The third-order valence-corrected chi connectivity index (χ3v) is 5.68. The topological polar surface area (TPSA) is 110 Å². The number of ketones is 1. The van der Waals surface area contributed by atoms with Crippen LogP contribution >= 0.6 is 11.6 Å². The van der Waals surface area contributed by atoms with E-state index in [0.29, 0.717) is 11.3 Å². The molecule has 1 aliphatic rings. The van der Waals surface area contributed by atoms with Crippen LogP contribution < -0.4 is 9.64 Å². The van der Waals surface area contributed by atoms with Gasteiger partial charge in [0, 0.05) is 23.4 Å². The molecule has 1 saturated heterocycles. The maximum Gasteiger partial charge on any atom is 0.300 e. The second kappa shape index (κ2) is 8.95. The van der Waals surface area contributed by atoms with Crippen molar-refractivity contribution < 1.29 is 28.7 Å². The first kappa shape index (κ1) is 22.9. The third kappa shape index (κ3) is 3.97. The largest absolute Gasteiger partial charge is 0.507 e. The number of aliphatic hydroxyl groups excluding tert-OH is 1. The number of carbonyl (C=O) groups excluding carboxylic acids is 2. The minimum absolute atomic E-state index is 0.0112. The Balaban J connectivity index is 1.95. The van der Waals surface area contributed by atoms with Gasteiger partial charge in [-0.2, -0.15) is 0 Å². The van der Waals surface area contributed by atoms with E-state index in [2.05, 4.69) is 0 Å². The summed E-state index contributed by atoms with van der Waals surface area (Å²) >= 11 is 5.91. The molecule has 0 bridgehead atoms. The highest BCUT2D eigenvalue weighted by molar-refractivity contribution is 6.51. The Morgan fingerprint density at radius 3 is 2.44 bits per heavy atom. The van der Waals surface area contributed by atoms with Crippen LogP contribution in [0.1, 0.15) is 17.2 Å². The lowest BCUT2D eigenvalue weighted by Crippen LogP contribution is -2.29. The van der Waals surface area contributed by atoms with Gasteiger partial charge in [-0.3, -0.25) is 24.6 Å². The maximum atomic E-state index is 13.8. The van der Waals surface area contributed by atoms with Gasteiger partial charge in [-0.05, 0) is 35.9 Å². The number of carbonyl (C=O) groups is 2. The summed E-state index contributed by atoms with van der Waals surface area (Å²) in [5.41, 5.74) is -0.0246. The fourth-order valence-electron chi connectivity index (χ4n) is 3.76. The second-order valence-corrected chi connectivity index (χ2v) is 7.76. The molecule has 0 aliphatic carbocycles. The van der Waals surface area contributed by atoms with Crippen LogP contribution in [0.2, 0.25) is 5.02 Å². The molecule has 0 radical (unpaired) electrons. The highest BCUT2D eigenvalue weighted by Gasteiger charge is 2.47. The molecule has 1 aliphatic heterocycles. The van der Waals surface area contributed by atoms with Gasteiger partial charge in [-0.15, -0.1) is 0 Å². The molecule has 1 heterocycles. The number of nitro groups is 1. The lowest BCUT2D eigenvalue weighted by atomic mass is 9.95. The number of aliphatic hydroxyl groups is 1. The average Bonchev–Trinajstić information content (AvgIpc) is 3.11. The smallest absolute Gasteiger partial charge is 0.300 e. The minimum atomic E-state index is -1.12. The summed E-state index contributed by atoms with van der Waals surface area (Å²) in [5.74, 6) is -2.76. The van der Waals surface area contributed by atoms with Gasteiger partial charge in [0.25, 0.3) is 17.4 Å². The van der Waals surface area contributed by atoms with E-state index in [4.69, 9.17) is 16.3 Å². The van der Waals surface area contributed by atoms with Crippen LogP contribution in [0.15, 0.2) is 72.3 Å². The molecule has 0 aromatic heterocycles. The fraction of sp³-hybridized carbons (Fsp3) is 0.0833. The van der Waals surface area contributed by atoms with Gasteiger partial charge in [0.15, 0.2) is 0 Å². The lowest BCUT2D eigenvalue weighted by molar-refractivity contribution is -0.384. The summed E-state index contributed by atoms with van der Waals surface area (Å²) in [7, 11) is 1.48. The predicted octanol–water partition coefficient (Wildman–Crippen LogP) is 5.02. The van der Waals surface area contributed by atoms with E-state index < -0.39 is 34.2 Å². The standard InChI is InChI=1S/C24H16ClFN2O6/c1-34-17-8-5-13(6-9-17)21-20(22(29)14-3-2-4-16(11-14)28(32)33)23(30)24(31)27(21)15-7-10-19(26)18(25)12-15/h2-12,21,29H,1H3/b22-20+. The van der Waals surface area contributed by atoms with Crippen molar-refractivity contribution in [1.82, 2.24) is 0 Å². The number of non-ortho nitro benzene ring substituents is 1. The number of anilines is 1. The summed E-state index contributed by atoms with van der Waals surface area (Å²) < 4.78 is 18.9. The molecule has 1 amide bonds. The zero-order chi connectivity index (χ0) is 24.6. The zero-order valence-corrected chi connectivity index (χ0v) is 18.3. The molecule has 172 valence electrons. The summed E-state index contributed by atoms with van der Waals surface area (Å²) in [6, 6.07) is 13.9. The number of methoxy groups -OCH3 is 1. The van der Waals surface area contributed by atoms with E-state index >= 15 is 0 Å². The number of nitro benzene ring substituents is 1. The number of nitrogens with zero attached hydrogens (tertiary/aromatic N) is 2. The highest BCUT2D eigenvalue weighted by atomic mass is 35.5. The van der Waals surface area contributed by atoms with E-state index in [-0.39, 0.29) is 27.5 Å². The van der Waals surface area contributed by atoms with Crippen molar-refractivity contribution in [2.24, 2.45) is 0 Å². The number of rotatable bonds is 5. The van der Waals surface area contributed by atoms with Gasteiger partial charge >= 0.3 is 0 Å². The first-order valence-electron chi connectivity index (χ1n) is 9.87. The second-order valence-electron chi connectivity index (χ2n) is 7.35. The molecule has 1 atom stereocenters. The van der Waals surface area contributed by atoms with Crippen molar-refractivity contribution in [1.29, 1.82) is 0 Å². The number of benzene rings is 3. The van der Waals surface area contributed by atoms with Gasteiger partial charge in [-0.25, -0.2) is 4.39 Å². The Hall–Kier alpha value is -4.24. The SMILES string of the molecule is COc1ccc(C2/C(=C(\O)c3cccc([N+](=O)[O-])c3)C(=O)C(=O)N2c2ccc(F)c(Cl)c2)cc1. The summed E-state index contributed by atoms with van der Waals surface area (Å²) in [6.07, 6.45) is 0. The van der Waals surface area contributed by atoms with Gasteiger partial charge < -0.3 is 9.84 Å². The van der Waals surface area contributed by atoms with Gasteiger partial charge in [-0.1, -0.05) is 35.9 Å². The lowest BCUT2D eigenvalue weighted by Gasteiger charge is -2.25. The number of halogens is 2. The molecule has 1 fully saturated rings. The van der Waals surface area contributed by atoms with E-state index in [9.17, 15) is 29.2 Å². The predicted molar refractivity (Wildman–Crippen MR) is 122 cm³/mol. The number of hydrogen-bond donors (Lipinski definition) is 1. The minimum Gasteiger partial charge on any atom is -0.507 e. The third-order valence-electron chi connectivity index (χ3n) is 5.39. The summed E-state index contributed by atoms with van der Waals surface area (Å²) in [5, 5.41) is 22.0. The van der Waals surface area contributed by atoms with E-state index in [1.165, 1.54) is 37.4 Å². The van der Waals surface area contributed by atoms with E-state index in [1.54, 1.807) is 24.3 Å². The van der Waals surface area contributed by atoms with Crippen molar-refractivity contribution >= 4 is 40.4 Å². The molecule has 4 rings (SSSR count). The van der Waals surface area contributed by atoms with Crippen LogP contribution in [-0.4, -0.2) is 28.8 Å². The first-order valence-corrected chi connectivity index (χ1v) is 10.3. The Labute approximate surface area is 197 Å². The Morgan fingerprint density at radius 1 is 1.12 bits per heavy atom. The molecule has 0 spiro atoms. The van der Waals surface area contributed by atoms with Crippen molar-refractivity contribution in [2.75, 3.05) is 12.0 Å². The molecule has 3 aromatic carbocycles. The molecular formula is C24H16ClFN2O6. The molecule has 1 N–H and O–H groups in total. The maximum absolute atomic E-state index is 13.8. The van der Waals surface area contributed by atoms with Gasteiger partial charge in [0.05, 0.1) is 28.7 Å². The molecule has 0 saturated carbocycles. The monoisotopic (exact) mass is 482 g/mol. The fourth-order valence-corrected chi connectivity index (χ4v) is 3.93. The quantitative estimate of drug-likeness (QED) is 0.180. The Kier molecular flexibility index (Phi) is 6.04. The molecule has 3 aromatic rings. The molecule has 34 heavy (non-hydrogen) atoms. The zero-order valence-electron chi connectivity index (χ0n) is 17.6. The molecule has 10 heteroatoms. The van der Waals surface area contributed by atoms with Gasteiger partial charge in [0.1, 0.15) is 17.3 Å². The number of ether oxygens (including phenoxy) is 1. The summed E-state index contributed by atoms with van der Waals surface area (Å²) in [6.45, 7) is 0. The molecular weight excluding hydrogens is 467 g/mol. The van der Waals surface area contributed by atoms with Gasteiger partial charge in [0.2, 0.25) is 0 Å². The normalized spacial score (nSPS) is 17.1. The van der Waals surface area contributed by atoms with E-state index in [0.717, 1.165) is 17.0 Å². The van der Waals surface area contributed by atoms with E-state index in [1.807, 2.05) is 0 Å². The molecule has 1 unspecified atom stereocenters. The van der Waals surface area contributed by atoms with Crippen molar-refractivity contribution in [3.8, 4) is 5.75 Å². The Bertz CT molecular complexity index is 1360. The number of hydrogen-bond acceptors (Lipinski definition) is 6. The number of amides is 1. The first-order chi connectivity index (χ1) is 16.2. The van der Waals surface area contributed by atoms with Crippen LogP contribution in [-0.2, 0) is 9.59 Å². The van der Waals surface area contributed by atoms with Crippen LogP contribution in [0.5, 0.6) is 5.75 Å². The van der Waals surface area contributed by atoms with Crippen molar-refractivity contribution in [3.63, 3.8) is 0 Å². The van der Waals surface area contributed by atoms with Crippen molar-refractivity contribution in [3.05, 3.63) is 104 Å². The van der Waals surface area contributed by atoms with Crippen LogP contribution in [0.25, 0.3) is 5.76 Å². The van der Waals surface area contributed by atoms with Crippen LogP contribution in [0, 0.1) is 15.9 Å². The average molecular weight is 483 g/mol. The van der Waals surface area contributed by atoms with Crippen LogP contribution in [0.4, 0.5) is 15.8 Å². The Morgan fingerprint density at radius 2 is 1.82 bits per heavy atom. The number of Topliss-reactive ketones (excluding diaryl/α,β-unsaturated/α-hetero) is 1. The summed E-state index contributed by atoms with van der Waals surface area (Å²) in [4.78, 5) is 37.8.